The van der Waals surface area contributed by atoms with Crippen molar-refractivity contribution in [3.63, 3.8) is 0 Å². The van der Waals surface area contributed by atoms with Crippen molar-refractivity contribution in [1.82, 2.24) is 9.29 Å². The van der Waals surface area contributed by atoms with Gasteiger partial charge in [-0.3, -0.25) is 0 Å². The van der Waals surface area contributed by atoms with E-state index in [-0.39, 0.29) is 22.5 Å². The normalized spacial score (nSPS) is 21.7. The number of nitrogens with zero attached hydrogens (tertiary/aromatic N) is 2. The molecule has 2 N–H and O–H groups in total. The van der Waals surface area contributed by atoms with Crippen LogP contribution in [0.5, 0.6) is 0 Å². The van der Waals surface area contributed by atoms with E-state index in [1.807, 2.05) is 0 Å². The van der Waals surface area contributed by atoms with Gasteiger partial charge >= 0.3 is 0 Å². The predicted molar refractivity (Wildman–Crippen MR) is 68.7 cm³/mol. The number of nitrogens with two attached hydrogens (primary N) is 1. The fraction of sp³-hybridized carbons (Fsp3) is 0.500. The molecule has 0 bridgehead atoms. The van der Waals surface area contributed by atoms with Crippen LogP contribution in [-0.4, -0.2) is 51.5 Å². The molecule has 1 aliphatic heterocycles. The molecule has 106 valence electrons. The summed E-state index contributed by atoms with van der Waals surface area (Å²) in [6.45, 7) is 0.646. The summed E-state index contributed by atoms with van der Waals surface area (Å²) >= 11 is 0. The maximum atomic E-state index is 12.2. The zero-order valence-corrected chi connectivity index (χ0v) is 12.0. The summed E-state index contributed by atoms with van der Waals surface area (Å²) in [6, 6.07) is 2.29. The molecule has 0 amide bonds. The van der Waals surface area contributed by atoms with Crippen LogP contribution in [0.3, 0.4) is 0 Å². The highest BCUT2D eigenvalue weighted by Crippen LogP contribution is 2.20. The van der Waals surface area contributed by atoms with E-state index >= 15 is 0 Å². The molecule has 1 saturated heterocycles. The number of sulfone groups is 1. The quantitative estimate of drug-likeness (QED) is 0.783. The Bertz CT molecular complexity index is 667. The van der Waals surface area contributed by atoms with Crippen molar-refractivity contribution in [2.24, 2.45) is 5.73 Å². The fourth-order valence-electron chi connectivity index (χ4n) is 1.86. The monoisotopic (exact) mass is 305 g/mol. The van der Waals surface area contributed by atoms with Gasteiger partial charge in [-0.15, -0.1) is 0 Å². The van der Waals surface area contributed by atoms with Crippen molar-refractivity contribution in [1.29, 1.82) is 0 Å². The average Bonchev–Trinajstić information content (AvgIpc) is 2.76. The maximum absolute atomic E-state index is 12.2. The van der Waals surface area contributed by atoms with Crippen molar-refractivity contribution in [3.05, 3.63) is 18.3 Å². The molecule has 0 aliphatic carbocycles. The van der Waals surface area contributed by atoms with Crippen LogP contribution in [0.25, 0.3) is 0 Å². The lowest BCUT2D eigenvalue weighted by molar-refractivity contribution is 0.472. The predicted octanol–water partition coefficient (Wildman–Crippen LogP) is -0.793. The number of hydrogen-bond donors (Lipinski definition) is 1. The van der Waals surface area contributed by atoms with E-state index in [0.29, 0.717) is 13.0 Å². The van der Waals surface area contributed by atoms with E-state index in [1.165, 1.54) is 16.4 Å². The van der Waals surface area contributed by atoms with E-state index in [2.05, 4.69) is 4.98 Å². The Morgan fingerprint density at radius 3 is 2.42 bits per heavy atom. The molecule has 0 aromatic carbocycles. The van der Waals surface area contributed by atoms with E-state index in [9.17, 15) is 16.8 Å². The third-order valence-corrected chi connectivity index (χ3v) is 5.76. The molecule has 0 radical (unpaired) electrons. The SMILES string of the molecule is CS(=O)(=O)c1ccc(S(=O)(=O)N2CCC(N)C2)cn1. The first-order valence-electron chi connectivity index (χ1n) is 5.63. The third kappa shape index (κ3) is 2.94. The first-order chi connectivity index (χ1) is 8.71. The van der Waals surface area contributed by atoms with Gasteiger partial charge in [0.15, 0.2) is 14.9 Å². The Morgan fingerprint density at radius 2 is 2.00 bits per heavy atom. The number of rotatable bonds is 3. The first kappa shape index (κ1) is 14.4. The smallest absolute Gasteiger partial charge is 0.244 e. The molecule has 2 heterocycles. The lowest BCUT2D eigenvalue weighted by Crippen LogP contribution is -2.32. The van der Waals surface area contributed by atoms with Gasteiger partial charge in [0, 0.05) is 31.6 Å². The third-order valence-electron chi connectivity index (χ3n) is 2.91. The highest BCUT2D eigenvalue weighted by molar-refractivity contribution is 7.90. The first-order valence-corrected chi connectivity index (χ1v) is 8.96. The molecule has 0 spiro atoms. The Labute approximate surface area is 112 Å². The second-order valence-electron chi connectivity index (χ2n) is 4.52. The minimum Gasteiger partial charge on any atom is -0.326 e. The highest BCUT2D eigenvalue weighted by Gasteiger charge is 2.31. The molecule has 1 aromatic rings. The van der Waals surface area contributed by atoms with E-state index in [4.69, 9.17) is 5.73 Å². The average molecular weight is 305 g/mol. The van der Waals surface area contributed by atoms with E-state index in [1.54, 1.807) is 0 Å². The van der Waals surface area contributed by atoms with E-state index < -0.39 is 19.9 Å². The number of aromatic nitrogens is 1. The second kappa shape index (κ2) is 4.82. The summed E-state index contributed by atoms with van der Waals surface area (Å²) in [5.74, 6) is 0. The van der Waals surface area contributed by atoms with Gasteiger partial charge in [-0.2, -0.15) is 4.31 Å². The summed E-state index contributed by atoms with van der Waals surface area (Å²) in [7, 11) is -7.07. The molecule has 19 heavy (non-hydrogen) atoms. The molecular formula is C10H15N3O4S2. The standard InChI is InChI=1S/C10H15N3O4S2/c1-18(14,15)10-3-2-9(6-12-10)19(16,17)13-5-4-8(11)7-13/h2-3,6,8H,4-5,7,11H2,1H3. The Kier molecular flexibility index (Phi) is 3.65. The Balaban J connectivity index is 2.32. The maximum Gasteiger partial charge on any atom is 0.244 e. The Hall–Kier alpha value is -1.03. The molecule has 9 heteroatoms. The Morgan fingerprint density at radius 1 is 1.32 bits per heavy atom. The van der Waals surface area contributed by atoms with Crippen LogP contribution in [0, 0.1) is 0 Å². The molecule has 0 saturated carbocycles. The summed E-state index contributed by atoms with van der Waals surface area (Å²) < 4.78 is 48.2. The fourth-order valence-corrected chi connectivity index (χ4v) is 3.88. The topological polar surface area (TPSA) is 110 Å². The van der Waals surface area contributed by atoms with Gasteiger partial charge in [0.2, 0.25) is 10.0 Å². The summed E-state index contributed by atoms with van der Waals surface area (Å²) in [6.07, 6.45) is 2.70. The van der Waals surface area contributed by atoms with Gasteiger partial charge in [0.25, 0.3) is 0 Å². The van der Waals surface area contributed by atoms with Crippen LogP contribution >= 0.6 is 0 Å². The minimum absolute atomic E-state index is 0.0194. The van der Waals surface area contributed by atoms with Gasteiger partial charge in [0.1, 0.15) is 4.90 Å². The summed E-state index contributed by atoms with van der Waals surface area (Å²) in [5.41, 5.74) is 5.68. The van der Waals surface area contributed by atoms with E-state index in [0.717, 1.165) is 12.5 Å². The van der Waals surface area contributed by atoms with Gasteiger partial charge in [-0.1, -0.05) is 0 Å². The molecule has 2 rings (SSSR count). The van der Waals surface area contributed by atoms with Crippen LogP contribution in [-0.2, 0) is 19.9 Å². The van der Waals surface area contributed by atoms with Crippen molar-refractivity contribution in [3.8, 4) is 0 Å². The largest absolute Gasteiger partial charge is 0.326 e. The lowest BCUT2D eigenvalue weighted by atomic mass is 10.3. The zero-order valence-electron chi connectivity index (χ0n) is 10.4. The number of pyridine rings is 1. The molecular weight excluding hydrogens is 290 g/mol. The molecule has 1 aromatic heterocycles. The van der Waals surface area contributed by atoms with Crippen molar-refractivity contribution < 1.29 is 16.8 Å². The second-order valence-corrected chi connectivity index (χ2v) is 8.42. The lowest BCUT2D eigenvalue weighted by Gasteiger charge is -2.15. The summed E-state index contributed by atoms with van der Waals surface area (Å²) in [5, 5.41) is -0.149. The van der Waals surface area contributed by atoms with Crippen LogP contribution in [0.2, 0.25) is 0 Å². The molecule has 1 fully saturated rings. The molecule has 7 nitrogen and oxygen atoms in total. The summed E-state index contributed by atoms with van der Waals surface area (Å²) in [4.78, 5) is 3.66. The van der Waals surface area contributed by atoms with Gasteiger partial charge in [0.05, 0.1) is 0 Å². The van der Waals surface area contributed by atoms with Crippen molar-refractivity contribution in [2.45, 2.75) is 22.4 Å². The number of sulfonamides is 1. The van der Waals surface area contributed by atoms with Gasteiger partial charge in [-0.25, -0.2) is 21.8 Å². The number of hydrogen-bond acceptors (Lipinski definition) is 6. The van der Waals surface area contributed by atoms with Crippen LogP contribution in [0.4, 0.5) is 0 Å². The van der Waals surface area contributed by atoms with Crippen molar-refractivity contribution >= 4 is 19.9 Å². The van der Waals surface area contributed by atoms with Gasteiger partial charge in [-0.05, 0) is 18.6 Å². The van der Waals surface area contributed by atoms with Gasteiger partial charge < -0.3 is 5.73 Å². The van der Waals surface area contributed by atoms with Crippen LogP contribution in [0.1, 0.15) is 6.42 Å². The highest BCUT2D eigenvalue weighted by atomic mass is 32.2. The zero-order chi connectivity index (χ0) is 14.3. The van der Waals surface area contributed by atoms with Crippen molar-refractivity contribution in [2.75, 3.05) is 19.3 Å². The molecule has 1 unspecified atom stereocenters. The van der Waals surface area contributed by atoms with Crippen LogP contribution < -0.4 is 5.73 Å². The molecule has 1 atom stereocenters. The van der Waals surface area contributed by atoms with Crippen LogP contribution in [0.15, 0.2) is 28.3 Å². The minimum atomic E-state index is -3.64. The molecule has 1 aliphatic rings.